The standard InChI is InChI=1S/C24H29N3O3/c1-26(2)20-11-9-18(10-12-20)23-14-22(30-25-23)16-27(24(28)19-7-8-19)15-17-5-4-6-21(13-17)29-3/h4-6,9-13,19,22H,7-8,14-16H2,1-3H3/t22-/m0/s1. The lowest BCUT2D eigenvalue weighted by molar-refractivity contribution is -0.135. The minimum absolute atomic E-state index is 0.123. The maximum absolute atomic E-state index is 12.9. The van der Waals surface area contributed by atoms with E-state index in [0.717, 1.165) is 41.1 Å². The van der Waals surface area contributed by atoms with Gasteiger partial charge in [-0.05, 0) is 48.2 Å². The molecule has 0 radical (unpaired) electrons. The van der Waals surface area contributed by atoms with Crippen LogP contribution >= 0.6 is 0 Å². The summed E-state index contributed by atoms with van der Waals surface area (Å²) in [5, 5.41) is 4.31. The van der Waals surface area contributed by atoms with Gasteiger partial charge >= 0.3 is 0 Å². The quantitative estimate of drug-likeness (QED) is 0.670. The van der Waals surface area contributed by atoms with Gasteiger partial charge in [-0.1, -0.05) is 29.4 Å². The molecule has 0 bridgehead atoms. The van der Waals surface area contributed by atoms with Crippen molar-refractivity contribution in [1.82, 2.24) is 4.90 Å². The Kier molecular flexibility index (Phi) is 5.93. The first-order valence-corrected chi connectivity index (χ1v) is 10.5. The first-order valence-electron chi connectivity index (χ1n) is 10.5. The van der Waals surface area contributed by atoms with Gasteiger partial charge in [-0.25, -0.2) is 0 Å². The zero-order chi connectivity index (χ0) is 21.1. The summed E-state index contributed by atoms with van der Waals surface area (Å²) in [5.74, 6) is 1.18. The van der Waals surface area contributed by atoms with Crippen LogP contribution < -0.4 is 9.64 Å². The Bertz CT molecular complexity index is 920. The summed E-state index contributed by atoms with van der Waals surface area (Å²) in [5.41, 5.74) is 4.21. The molecule has 1 fully saturated rings. The third kappa shape index (κ3) is 4.75. The molecule has 0 saturated heterocycles. The largest absolute Gasteiger partial charge is 0.497 e. The van der Waals surface area contributed by atoms with Crippen LogP contribution in [-0.4, -0.2) is 50.4 Å². The van der Waals surface area contributed by atoms with Crippen molar-refractivity contribution in [3.8, 4) is 5.75 Å². The van der Waals surface area contributed by atoms with E-state index in [0.29, 0.717) is 19.5 Å². The molecule has 0 N–H and O–H groups in total. The molecule has 2 aromatic carbocycles. The van der Waals surface area contributed by atoms with E-state index < -0.39 is 0 Å². The van der Waals surface area contributed by atoms with Gasteiger partial charge in [-0.2, -0.15) is 0 Å². The average Bonchev–Trinajstić information content (AvgIpc) is 3.51. The van der Waals surface area contributed by atoms with Crippen LogP contribution in [0.2, 0.25) is 0 Å². The number of hydrogen-bond acceptors (Lipinski definition) is 5. The van der Waals surface area contributed by atoms with Crippen molar-refractivity contribution in [2.24, 2.45) is 11.1 Å². The number of benzene rings is 2. The smallest absolute Gasteiger partial charge is 0.226 e. The molecule has 2 aliphatic rings. The molecule has 1 aliphatic carbocycles. The van der Waals surface area contributed by atoms with Gasteiger partial charge in [0, 0.05) is 38.7 Å². The van der Waals surface area contributed by atoms with Crippen LogP contribution in [0.4, 0.5) is 5.69 Å². The SMILES string of the molecule is COc1cccc(CN(C[C@@H]2CC(c3ccc(N(C)C)cc3)=NO2)C(=O)C2CC2)c1. The van der Waals surface area contributed by atoms with Crippen LogP contribution in [0.1, 0.15) is 30.4 Å². The number of ether oxygens (including phenoxy) is 1. The lowest BCUT2D eigenvalue weighted by Crippen LogP contribution is -2.38. The Hall–Kier alpha value is -3.02. The van der Waals surface area contributed by atoms with E-state index in [1.54, 1.807) is 7.11 Å². The third-order valence-electron chi connectivity index (χ3n) is 5.62. The van der Waals surface area contributed by atoms with Gasteiger partial charge in [0.05, 0.1) is 19.4 Å². The van der Waals surface area contributed by atoms with E-state index in [2.05, 4.69) is 34.3 Å². The second kappa shape index (κ2) is 8.78. The molecule has 1 atom stereocenters. The average molecular weight is 408 g/mol. The molecule has 0 spiro atoms. The monoisotopic (exact) mass is 407 g/mol. The van der Waals surface area contributed by atoms with Crippen molar-refractivity contribution in [2.75, 3.05) is 32.6 Å². The van der Waals surface area contributed by atoms with E-state index in [1.807, 2.05) is 43.3 Å². The molecule has 6 heteroatoms. The van der Waals surface area contributed by atoms with E-state index in [9.17, 15) is 4.79 Å². The summed E-state index contributed by atoms with van der Waals surface area (Å²) in [6.45, 7) is 1.09. The van der Waals surface area contributed by atoms with E-state index in [4.69, 9.17) is 9.57 Å². The molecule has 2 aromatic rings. The number of methoxy groups -OCH3 is 1. The first kappa shape index (κ1) is 20.3. The van der Waals surface area contributed by atoms with Gasteiger partial charge < -0.3 is 19.4 Å². The van der Waals surface area contributed by atoms with Crippen molar-refractivity contribution in [1.29, 1.82) is 0 Å². The van der Waals surface area contributed by atoms with E-state index >= 15 is 0 Å². The number of nitrogens with zero attached hydrogens (tertiary/aromatic N) is 3. The molecule has 1 saturated carbocycles. The second-order valence-corrected chi connectivity index (χ2v) is 8.26. The molecular weight excluding hydrogens is 378 g/mol. The van der Waals surface area contributed by atoms with Crippen LogP contribution in [-0.2, 0) is 16.2 Å². The Morgan fingerprint density at radius 2 is 1.93 bits per heavy atom. The van der Waals surface area contributed by atoms with Gasteiger partial charge in [0.25, 0.3) is 0 Å². The van der Waals surface area contributed by atoms with Gasteiger partial charge in [0.1, 0.15) is 5.75 Å². The normalized spacial score (nSPS) is 17.8. The second-order valence-electron chi connectivity index (χ2n) is 8.26. The molecule has 1 heterocycles. The molecule has 4 rings (SSSR count). The fraction of sp³-hybridized carbons (Fsp3) is 0.417. The zero-order valence-electron chi connectivity index (χ0n) is 17.9. The highest BCUT2D eigenvalue weighted by molar-refractivity contribution is 6.01. The van der Waals surface area contributed by atoms with Gasteiger partial charge in [0.2, 0.25) is 5.91 Å². The molecule has 0 unspecified atom stereocenters. The number of oxime groups is 1. The number of rotatable bonds is 8. The van der Waals surface area contributed by atoms with Gasteiger partial charge in [0.15, 0.2) is 6.10 Å². The topological polar surface area (TPSA) is 54.4 Å². The summed E-state index contributed by atoms with van der Waals surface area (Å²) < 4.78 is 5.33. The van der Waals surface area contributed by atoms with Crippen LogP contribution in [0.3, 0.4) is 0 Å². The number of carbonyl (C=O) groups is 1. The fourth-order valence-electron chi connectivity index (χ4n) is 3.71. The lowest BCUT2D eigenvalue weighted by Gasteiger charge is -2.25. The summed E-state index contributed by atoms with van der Waals surface area (Å²) in [4.78, 5) is 22.6. The molecule has 30 heavy (non-hydrogen) atoms. The number of anilines is 1. The Morgan fingerprint density at radius 3 is 2.60 bits per heavy atom. The third-order valence-corrected chi connectivity index (χ3v) is 5.62. The summed E-state index contributed by atoms with van der Waals surface area (Å²) in [7, 11) is 5.70. The highest BCUT2D eigenvalue weighted by atomic mass is 16.6. The molecule has 158 valence electrons. The van der Waals surface area contributed by atoms with Crippen LogP contribution in [0.25, 0.3) is 0 Å². The van der Waals surface area contributed by atoms with Crippen molar-refractivity contribution in [2.45, 2.75) is 31.9 Å². The molecule has 6 nitrogen and oxygen atoms in total. The number of hydrogen-bond donors (Lipinski definition) is 0. The van der Waals surface area contributed by atoms with E-state index in [1.165, 1.54) is 0 Å². The zero-order valence-corrected chi connectivity index (χ0v) is 17.9. The minimum Gasteiger partial charge on any atom is -0.497 e. The van der Waals surface area contributed by atoms with Gasteiger partial charge in [-0.15, -0.1) is 0 Å². The predicted octanol–water partition coefficient (Wildman–Crippen LogP) is 3.69. The summed E-state index contributed by atoms with van der Waals surface area (Å²) in [6, 6.07) is 16.2. The number of amides is 1. The first-order chi connectivity index (χ1) is 14.5. The van der Waals surface area contributed by atoms with Crippen LogP contribution in [0.5, 0.6) is 5.75 Å². The number of carbonyl (C=O) groups excluding carboxylic acids is 1. The molecule has 1 amide bonds. The van der Waals surface area contributed by atoms with Crippen molar-refractivity contribution < 1.29 is 14.4 Å². The van der Waals surface area contributed by atoms with Gasteiger partial charge in [-0.3, -0.25) is 4.79 Å². The predicted molar refractivity (Wildman–Crippen MR) is 118 cm³/mol. The molecule has 0 aromatic heterocycles. The summed E-state index contributed by atoms with van der Waals surface area (Å²) >= 11 is 0. The highest BCUT2D eigenvalue weighted by Gasteiger charge is 2.35. The van der Waals surface area contributed by atoms with Crippen molar-refractivity contribution in [3.63, 3.8) is 0 Å². The maximum atomic E-state index is 12.9. The lowest BCUT2D eigenvalue weighted by atomic mass is 10.0. The van der Waals surface area contributed by atoms with Crippen molar-refractivity contribution in [3.05, 3.63) is 59.7 Å². The Balaban J connectivity index is 1.41. The maximum Gasteiger partial charge on any atom is 0.226 e. The minimum atomic E-state index is -0.123. The highest BCUT2D eigenvalue weighted by Crippen LogP contribution is 2.32. The fourth-order valence-corrected chi connectivity index (χ4v) is 3.71. The molecule has 1 aliphatic heterocycles. The van der Waals surface area contributed by atoms with Crippen LogP contribution in [0.15, 0.2) is 53.7 Å². The van der Waals surface area contributed by atoms with Crippen molar-refractivity contribution >= 4 is 17.3 Å². The summed E-state index contributed by atoms with van der Waals surface area (Å²) in [6.07, 6.45) is 2.55. The Labute approximate surface area is 178 Å². The van der Waals surface area contributed by atoms with E-state index in [-0.39, 0.29) is 17.9 Å². The Morgan fingerprint density at radius 1 is 1.17 bits per heavy atom. The molecular formula is C24H29N3O3. The van der Waals surface area contributed by atoms with Crippen LogP contribution in [0, 0.1) is 5.92 Å².